The van der Waals surface area contributed by atoms with Gasteiger partial charge in [-0.15, -0.1) is 0 Å². The third kappa shape index (κ3) is 4.78. The molecule has 31 heavy (non-hydrogen) atoms. The topological polar surface area (TPSA) is 63.1 Å². The molecule has 1 heterocycles. The zero-order chi connectivity index (χ0) is 21.8. The second-order valence-corrected chi connectivity index (χ2v) is 7.78. The van der Waals surface area contributed by atoms with Crippen LogP contribution in [0.4, 0.5) is 11.4 Å². The molecule has 4 rings (SSSR count). The van der Waals surface area contributed by atoms with Gasteiger partial charge in [0.2, 0.25) is 5.91 Å². The number of aryl methyl sites for hydroxylation is 1. The molecule has 0 atom stereocenters. The Bertz CT molecular complexity index is 1300. The van der Waals surface area contributed by atoms with Crippen LogP contribution in [-0.2, 0) is 17.9 Å². The lowest BCUT2D eigenvalue weighted by atomic mass is 10.1. The van der Waals surface area contributed by atoms with E-state index in [1.165, 1.54) is 4.57 Å². The molecule has 5 nitrogen and oxygen atoms in total. The molecular weight excluding hydrogens is 410 g/mol. The minimum Gasteiger partial charge on any atom is -0.381 e. The van der Waals surface area contributed by atoms with Crippen molar-refractivity contribution in [1.82, 2.24) is 4.57 Å². The lowest BCUT2D eigenvalue weighted by molar-refractivity contribution is -0.116. The summed E-state index contributed by atoms with van der Waals surface area (Å²) < 4.78 is 1.52. The number of halogens is 1. The molecule has 156 valence electrons. The van der Waals surface area contributed by atoms with Crippen LogP contribution in [0.15, 0.2) is 83.7 Å². The zero-order valence-corrected chi connectivity index (χ0v) is 17.8. The minimum absolute atomic E-state index is 0.108. The summed E-state index contributed by atoms with van der Waals surface area (Å²) in [6.07, 6.45) is 0. The van der Waals surface area contributed by atoms with Gasteiger partial charge in [-0.05, 0) is 54.3 Å². The van der Waals surface area contributed by atoms with E-state index < -0.39 is 0 Å². The average Bonchev–Trinajstić information content (AvgIpc) is 2.77. The fraction of sp³-hybridized carbons (Fsp3) is 0.120. The number of aromatic nitrogens is 1. The number of nitrogens with zero attached hydrogens (tertiary/aromatic N) is 1. The molecular formula is C25H22ClN3O2. The highest BCUT2D eigenvalue weighted by Gasteiger charge is 2.14. The van der Waals surface area contributed by atoms with Crippen molar-refractivity contribution >= 4 is 39.8 Å². The number of pyridine rings is 1. The molecule has 2 N–H and O–H groups in total. The van der Waals surface area contributed by atoms with E-state index in [9.17, 15) is 9.59 Å². The predicted molar refractivity (Wildman–Crippen MR) is 127 cm³/mol. The Morgan fingerprint density at radius 1 is 0.968 bits per heavy atom. The smallest absolute Gasteiger partial charge is 0.256 e. The molecule has 0 unspecified atom stereocenters. The molecule has 1 amide bonds. The van der Waals surface area contributed by atoms with E-state index in [4.69, 9.17) is 11.6 Å². The van der Waals surface area contributed by atoms with Crippen LogP contribution >= 0.6 is 11.6 Å². The number of carbonyl (C=O) groups is 1. The van der Waals surface area contributed by atoms with Gasteiger partial charge in [-0.25, -0.2) is 0 Å². The van der Waals surface area contributed by atoms with Crippen molar-refractivity contribution in [3.05, 3.63) is 105 Å². The molecule has 0 aliphatic rings. The predicted octanol–water partition coefficient (Wildman–Crippen LogP) is 5.21. The molecule has 0 aliphatic heterocycles. The van der Waals surface area contributed by atoms with E-state index in [0.717, 1.165) is 22.2 Å². The first kappa shape index (κ1) is 20.7. The lowest BCUT2D eigenvalue weighted by Crippen LogP contribution is -2.30. The number of amides is 1. The van der Waals surface area contributed by atoms with Crippen LogP contribution in [0.25, 0.3) is 10.9 Å². The molecule has 0 saturated heterocycles. The fourth-order valence-electron chi connectivity index (χ4n) is 3.47. The number of anilines is 2. The maximum absolute atomic E-state index is 13.3. The number of benzene rings is 3. The van der Waals surface area contributed by atoms with Crippen molar-refractivity contribution < 1.29 is 4.79 Å². The van der Waals surface area contributed by atoms with Crippen molar-refractivity contribution in [2.45, 2.75) is 20.0 Å². The molecule has 0 spiro atoms. The van der Waals surface area contributed by atoms with Crippen molar-refractivity contribution in [3.8, 4) is 0 Å². The summed E-state index contributed by atoms with van der Waals surface area (Å²) in [6, 6.07) is 24.5. The maximum Gasteiger partial charge on any atom is 0.256 e. The summed E-state index contributed by atoms with van der Waals surface area (Å²) in [4.78, 5) is 26.0. The Balaban J connectivity index is 1.67. The summed E-state index contributed by atoms with van der Waals surface area (Å²) in [5, 5.41) is 7.42. The Kier molecular flexibility index (Phi) is 6.05. The number of para-hydroxylation sites is 2. The number of hydrogen-bond acceptors (Lipinski definition) is 3. The highest BCUT2D eigenvalue weighted by atomic mass is 35.5. The maximum atomic E-state index is 13.3. The number of nitrogens with one attached hydrogen (secondary N) is 2. The van der Waals surface area contributed by atoms with E-state index in [1.807, 2.05) is 61.5 Å². The Labute approximate surface area is 185 Å². The van der Waals surface area contributed by atoms with E-state index in [-0.39, 0.29) is 18.0 Å². The van der Waals surface area contributed by atoms with Gasteiger partial charge < -0.3 is 10.6 Å². The van der Waals surface area contributed by atoms with Crippen LogP contribution in [0.1, 0.15) is 11.1 Å². The van der Waals surface area contributed by atoms with E-state index >= 15 is 0 Å². The summed E-state index contributed by atoms with van der Waals surface area (Å²) in [6.45, 7) is 2.21. The van der Waals surface area contributed by atoms with Crippen LogP contribution in [0.5, 0.6) is 0 Å². The Morgan fingerprint density at radius 3 is 2.48 bits per heavy atom. The van der Waals surface area contributed by atoms with Crippen LogP contribution in [0, 0.1) is 6.92 Å². The first-order valence-electron chi connectivity index (χ1n) is 9.97. The molecule has 0 bridgehead atoms. The van der Waals surface area contributed by atoms with E-state index in [2.05, 4.69) is 10.6 Å². The standard InChI is InChI=1S/C25H22ClN3O2/c1-17-11-12-18-14-19(15-27-20-7-3-2-4-8-20)25(31)29(23(18)13-17)16-24(30)28-22-10-6-5-9-21(22)26/h2-14,27H,15-16H2,1H3,(H,28,30). The molecule has 0 aliphatic carbocycles. The summed E-state index contributed by atoms with van der Waals surface area (Å²) in [7, 11) is 0. The first-order chi connectivity index (χ1) is 15.0. The van der Waals surface area contributed by atoms with Gasteiger partial charge in [0.05, 0.1) is 16.2 Å². The summed E-state index contributed by atoms with van der Waals surface area (Å²) >= 11 is 6.15. The zero-order valence-electron chi connectivity index (χ0n) is 17.1. The third-order valence-corrected chi connectivity index (χ3v) is 5.36. The second-order valence-electron chi connectivity index (χ2n) is 7.37. The van der Waals surface area contributed by atoms with Gasteiger partial charge in [-0.1, -0.05) is 54.1 Å². The van der Waals surface area contributed by atoms with Crippen LogP contribution in [0.2, 0.25) is 5.02 Å². The molecule has 0 radical (unpaired) electrons. The molecule has 0 saturated carbocycles. The van der Waals surface area contributed by atoms with E-state index in [0.29, 0.717) is 22.8 Å². The van der Waals surface area contributed by atoms with Crippen molar-refractivity contribution in [2.24, 2.45) is 0 Å². The van der Waals surface area contributed by atoms with Crippen molar-refractivity contribution in [1.29, 1.82) is 0 Å². The highest BCUT2D eigenvalue weighted by Crippen LogP contribution is 2.21. The van der Waals surface area contributed by atoms with Crippen LogP contribution in [0.3, 0.4) is 0 Å². The Hall–Kier alpha value is -3.57. The van der Waals surface area contributed by atoms with Gasteiger partial charge in [-0.3, -0.25) is 14.2 Å². The van der Waals surface area contributed by atoms with Crippen LogP contribution < -0.4 is 16.2 Å². The Morgan fingerprint density at radius 2 is 1.71 bits per heavy atom. The molecule has 3 aromatic carbocycles. The average molecular weight is 432 g/mol. The second kappa shape index (κ2) is 9.06. The third-order valence-electron chi connectivity index (χ3n) is 5.03. The monoisotopic (exact) mass is 431 g/mol. The van der Waals surface area contributed by atoms with Gasteiger partial charge in [0.1, 0.15) is 6.54 Å². The number of fused-ring (bicyclic) bond motifs is 1. The normalized spacial score (nSPS) is 10.8. The van der Waals surface area contributed by atoms with Crippen molar-refractivity contribution in [3.63, 3.8) is 0 Å². The fourth-order valence-corrected chi connectivity index (χ4v) is 3.66. The number of hydrogen-bond donors (Lipinski definition) is 2. The van der Waals surface area contributed by atoms with Crippen LogP contribution in [-0.4, -0.2) is 10.5 Å². The SMILES string of the molecule is Cc1ccc2cc(CNc3ccccc3)c(=O)n(CC(=O)Nc3ccccc3Cl)c2c1. The van der Waals surface area contributed by atoms with Gasteiger partial charge in [0.15, 0.2) is 0 Å². The molecule has 6 heteroatoms. The molecule has 4 aromatic rings. The minimum atomic E-state index is -0.314. The quantitative estimate of drug-likeness (QED) is 0.440. The van der Waals surface area contributed by atoms with E-state index in [1.54, 1.807) is 24.3 Å². The van der Waals surface area contributed by atoms with Crippen molar-refractivity contribution in [2.75, 3.05) is 10.6 Å². The largest absolute Gasteiger partial charge is 0.381 e. The van der Waals surface area contributed by atoms with Gasteiger partial charge in [-0.2, -0.15) is 0 Å². The van der Waals surface area contributed by atoms with Gasteiger partial charge in [0.25, 0.3) is 5.56 Å². The molecule has 0 fully saturated rings. The number of rotatable bonds is 6. The number of carbonyl (C=O) groups excluding carboxylic acids is 1. The summed E-state index contributed by atoms with van der Waals surface area (Å²) in [5.74, 6) is -0.314. The summed E-state index contributed by atoms with van der Waals surface area (Å²) in [5.41, 5.74) is 3.57. The van der Waals surface area contributed by atoms with Gasteiger partial charge >= 0.3 is 0 Å². The molecule has 1 aromatic heterocycles. The highest BCUT2D eigenvalue weighted by molar-refractivity contribution is 6.33. The first-order valence-corrected chi connectivity index (χ1v) is 10.4. The lowest BCUT2D eigenvalue weighted by Gasteiger charge is -2.15. The van der Waals surface area contributed by atoms with Gasteiger partial charge in [0, 0.05) is 17.8 Å².